The molecule has 112 valence electrons. The number of alkyl halides is 3. The minimum absolute atomic E-state index is 0.173. The van der Waals surface area contributed by atoms with Gasteiger partial charge in [0.25, 0.3) is 5.91 Å². The highest BCUT2D eigenvalue weighted by molar-refractivity contribution is 5.95. The van der Waals surface area contributed by atoms with Crippen molar-refractivity contribution in [2.45, 2.75) is 20.0 Å². The van der Waals surface area contributed by atoms with Gasteiger partial charge in [-0.2, -0.15) is 18.3 Å². The van der Waals surface area contributed by atoms with Crippen LogP contribution in [-0.2, 0) is 6.18 Å². The lowest BCUT2D eigenvalue weighted by Crippen LogP contribution is -2.19. The molecule has 2 heterocycles. The lowest BCUT2D eigenvalue weighted by molar-refractivity contribution is -0.141. The molecule has 0 aliphatic carbocycles. The molecule has 0 spiro atoms. The Kier molecular flexibility index (Phi) is 3.36. The maximum atomic E-state index is 12.8. The number of amides is 1. The summed E-state index contributed by atoms with van der Waals surface area (Å²) < 4.78 is 39.4. The highest BCUT2D eigenvalue weighted by Crippen LogP contribution is 2.30. The second-order valence-electron chi connectivity index (χ2n) is 4.43. The van der Waals surface area contributed by atoms with E-state index in [1.54, 1.807) is 13.8 Å². The van der Waals surface area contributed by atoms with Gasteiger partial charge in [-0.3, -0.25) is 4.79 Å². The molecule has 0 atom stereocenters. The number of carbonyl (C=O) groups excluding carboxylic acids is 1. The predicted octanol–water partition coefficient (Wildman–Crippen LogP) is 1.58. The Morgan fingerprint density at radius 3 is 2.33 bits per heavy atom. The molecule has 0 unspecified atom stereocenters. The molecule has 0 saturated heterocycles. The number of rotatable bonds is 2. The van der Waals surface area contributed by atoms with Crippen molar-refractivity contribution >= 4 is 11.6 Å². The van der Waals surface area contributed by atoms with Gasteiger partial charge in [0.05, 0.1) is 22.6 Å². The molecule has 0 saturated carbocycles. The van der Waals surface area contributed by atoms with Crippen molar-refractivity contribution in [3.63, 3.8) is 0 Å². The van der Waals surface area contributed by atoms with Gasteiger partial charge in [0.2, 0.25) is 0 Å². The van der Waals surface area contributed by atoms with Gasteiger partial charge in [0.1, 0.15) is 5.69 Å². The third-order valence-electron chi connectivity index (χ3n) is 2.98. The van der Waals surface area contributed by atoms with Crippen LogP contribution >= 0.6 is 0 Å². The summed E-state index contributed by atoms with van der Waals surface area (Å²) in [5.41, 5.74) is 10.7. The molecule has 1 amide bonds. The third-order valence-corrected chi connectivity index (χ3v) is 2.98. The van der Waals surface area contributed by atoms with E-state index in [1.165, 1.54) is 0 Å². The fourth-order valence-corrected chi connectivity index (χ4v) is 1.82. The molecule has 2 aromatic rings. The number of hydrogen-bond donors (Lipinski definition) is 2. The SMILES string of the molecule is Cc1nn(-c2nc(C(F)(F)F)ccc2C(N)=O)c(C)c1N. The van der Waals surface area contributed by atoms with Crippen molar-refractivity contribution in [1.82, 2.24) is 14.8 Å². The first kappa shape index (κ1) is 14.8. The summed E-state index contributed by atoms with van der Waals surface area (Å²) >= 11 is 0. The lowest BCUT2D eigenvalue weighted by Gasteiger charge is -2.12. The van der Waals surface area contributed by atoms with E-state index in [0.717, 1.165) is 10.7 Å². The Bertz CT molecular complexity index is 720. The van der Waals surface area contributed by atoms with Crippen molar-refractivity contribution < 1.29 is 18.0 Å². The number of halogens is 3. The van der Waals surface area contributed by atoms with E-state index < -0.39 is 17.8 Å². The van der Waals surface area contributed by atoms with Gasteiger partial charge >= 0.3 is 6.18 Å². The fourth-order valence-electron chi connectivity index (χ4n) is 1.82. The fraction of sp³-hybridized carbons (Fsp3) is 0.250. The number of hydrogen-bond acceptors (Lipinski definition) is 4. The predicted molar refractivity (Wildman–Crippen MR) is 68.8 cm³/mol. The first-order chi connectivity index (χ1) is 9.62. The molecule has 21 heavy (non-hydrogen) atoms. The largest absolute Gasteiger partial charge is 0.433 e. The van der Waals surface area contributed by atoms with Crippen molar-refractivity contribution in [3.05, 3.63) is 34.8 Å². The van der Waals surface area contributed by atoms with Gasteiger partial charge in [-0.1, -0.05) is 0 Å². The highest BCUT2D eigenvalue weighted by Gasteiger charge is 2.34. The normalized spacial score (nSPS) is 11.7. The van der Waals surface area contributed by atoms with Crippen LogP contribution in [0.5, 0.6) is 0 Å². The standard InChI is InChI=1S/C12H12F3N5O/c1-5-9(16)6(2)20(19-5)11-7(10(17)21)3-4-8(18-11)12(13,14)15/h3-4H,16H2,1-2H3,(H2,17,21). The summed E-state index contributed by atoms with van der Waals surface area (Å²) in [4.78, 5) is 14.9. The molecule has 2 rings (SSSR count). The van der Waals surface area contributed by atoms with Crippen LogP contribution in [0.3, 0.4) is 0 Å². The zero-order valence-electron chi connectivity index (χ0n) is 11.2. The van der Waals surface area contributed by atoms with Crippen LogP contribution in [0.4, 0.5) is 18.9 Å². The molecular formula is C12H12F3N5O. The smallest absolute Gasteiger partial charge is 0.396 e. The number of primary amides is 1. The third kappa shape index (κ3) is 2.54. The summed E-state index contributed by atoms with van der Waals surface area (Å²) in [6.45, 7) is 3.15. The molecular weight excluding hydrogens is 287 g/mol. The summed E-state index contributed by atoms with van der Waals surface area (Å²) in [5, 5.41) is 4.00. The van der Waals surface area contributed by atoms with Crippen LogP contribution in [0.25, 0.3) is 5.82 Å². The van der Waals surface area contributed by atoms with Gasteiger partial charge in [-0.05, 0) is 26.0 Å². The Morgan fingerprint density at radius 1 is 1.29 bits per heavy atom. The average molecular weight is 299 g/mol. The Balaban J connectivity index is 2.75. The number of pyridine rings is 1. The van der Waals surface area contributed by atoms with Gasteiger partial charge in [0.15, 0.2) is 5.82 Å². The first-order valence-electron chi connectivity index (χ1n) is 5.83. The van der Waals surface area contributed by atoms with Crippen molar-refractivity contribution in [1.29, 1.82) is 0 Å². The van der Waals surface area contributed by atoms with Crippen LogP contribution in [-0.4, -0.2) is 20.7 Å². The highest BCUT2D eigenvalue weighted by atomic mass is 19.4. The van der Waals surface area contributed by atoms with Crippen LogP contribution in [0.2, 0.25) is 0 Å². The second-order valence-corrected chi connectivity index (χ2v) is 4.43. The maximum Gasteiger partial charge on any atom is 0.433 e. The molecule has 2 aromatic heterocycles. The molecule has 0 aromatic carbocycles. The molecule has 0 bridgehead atoms. The topological polar surface area (TPSA) is 99.8 Å². The van der Waals surface area contributed by atoms with Crippen molar-refractivity contribution in [2.75, 3.05) is 5.73 Å². The number of anilines is 1. The minimum atomic E-state index is -4.65. The lowest BCUT2D eigenvalue weighted by atomic mass is 10.2. The summed E-state index contributed by atoms with van der Waals surface area (Å²) in [7, 11) is 0. The molecule has 4 N–H and O–H groups in total. The monoisotopic (exact) mass is 299 g/mol. The molecule has 0 aliphatic heterocycles. The van der Waals surface area contributed by atoms with Crippen LogP contribution in [0, 0.1) is 13.8 Å². The van der Waals surface area contributed by atoms with Crippen molar-refractivity contribution in [3.8, 4) is 5.82 Å². The molecule has 0 aliphatic rings. The second kappa shape index (κ2) is 4.76. The molecule has 6 nitrogen and oxygen atoms in total. The summed E-state index contributed by atoms with van der Waals surface area (Å²) in [6, 6.07) is 1.67. The van der Waals surface area contributed by atoms with E-state index in [4.69, 9.17) is 11.5 Å². The van der Waals surface area contributed by atoms with Gasteiger partial charge < -0.3 is 11.5 Å². The van der Waals surface area contributed by atoms with Crippen molar-refractivity contribution in [2.24, 2.45) is 5.73 Å². The quantitative estimate of drug-likeness (QED) is 0.879. The van der Waals surface area contributed by atoms with Crippen LogP contribution in [0.1, 0.15) is 27.4 Å². The number of carbonyl (C=O) groups is 1. The van der Waals surface area contributed by atoms with E-state index in [2.05, 4.69) is 10.1 Å². The Labute approximate surface area is 117 Å². The zero-order valence-corrected chi connectivity index (χ0v) is 11.2. The minimum Gasteiger partial charge on any atom is -0.396 e. The van der Waals surface area contributed by atoms with Gasteiger partial charge in [0, 0.05) is 0 Å². The molecule has 0 radical (unpaired) electrons. The summed E-state index contributed by atoms with van der Waals surface area (Å²) in [6.07, 6.45) is -4.65. The van der Waals surface area contributed by atoms with E-state index in [9.17, 15) is 18.0 Å². The van der Waals surface area contributed by atoms with Crippen LogP contribution in [0.15, 0.2) is 12.1 Å². The van der Waals surface area contributed by atoms with E-state index in [1.807, 2.05) is 0 Å². The number of nitrogens with zero attached hydrogens (tertiary/aromatic N) is 3. The molecule has 9 heteroatoms. The van der Waals surface area contributed by atoms with Gasteiger partial charge in [-0.15, -0.1) is 0 Å². The maximum absolute atomic E-state index is 12.8. The first-order valence-corrected chi connectivity index (χ1v) is 5.83. The average Bonchev–Trinajstić information content (AvgIpc) is 2.64. The van der Waals surface area contributed by atoms with E-state index >= 15 is 0 Å². The molecule has 0 fully saturated rings. The number of aromatic nitrogens is 3. The van der Waals surface area contributed by atoms with Crippen LogP contribution < -0.4 is 11.5 Å². The number of nitrogen functional groups attached to an aromatic ring is 1. The van der Waals surface area contributed by atoms with E-state index in [0.29, 0.717) is 23.1 Å². The van der Waals surface area contributed by atoms with E-state index in [-0.39, 0.29) is 11.4 Å². The summed E-state index contributed by atoms with van der Waals surface area (Å²) in [5.74, 6) is -1.20. The zero-order chi connectivity index (χ0) is 15.9. The number of aryl methyl sites for hydroxylation is 1. The Morgan fingerprint density at radius 2 is 1.90 bits per heavy atom. The Hall–Kier alpha value is -2.58. The van der Waals surface area contributed by atoms with Gasteiger partial charge in [-0.25, -0.2) is 9.67 Å². The number of nitrogens with two attached hydrogens (primary N) is 2.